The van der Waals surface area contributed by atoms with Crippen LogP contribution in [0.3, 0.4) is 0 Å². The number of hydrogen-bond acceptors (Lipinski definition) is 3. The zero-order valence-corrected chi connectivity index (χ0v) is 5.63. The average molecular weight is 123 g/mol. The van der Waals surface area contributed by atoms with Gasteiger partial charge in [-0.1, -0.05) is 6.92 Å². The van der Waals surface area contributed by atoms with Gasteiger partial charge in [-0.3, -0.25) is 0 Å². The highest BCUT2D eigenvalue weighted by atomic mass is 15.6. The minimum atomic E-state index is 0.937. The zero-order chi connectivity index (χ0) is 6.69. The van der Waals surface area contributed by atoms with Gasteiger partial charge in [0.25, 0.3) is 0 Å². The largest absolute Gasteiger partial charge is 0.180 e. The second-order valence-electron chi connectivity index (χ2n) is 1.81. The van der Waals surface area contributed by atoms with Crippen molar-refractivity contribution in [3.8, 4) is 0 Å². The van der Waals surface area contributed by atoms with Gasteiger partial charge in [0.1, 0.15) is 0 Å². The van der Waals surface area contributed by atoms with E-state index >= 15 is 0 Å². The van der Waals surface area contributed by atoms with Gasteiger partial charge in [0.05, 0.1) is 12.8 Å². The Hall–Kier alpha value is -1.08. The Morgan fingerprint density at radius 3 is 3.00 bits per heavy atom. The lowest BCUT2D eigenvalue weighted by Gasteiger charge is -2.06. The van der Waals surface area contributed by atoms with E-state index in [1.165, 1.54) is 5.12 Å². The summed E-state index contributed by atoms with van der Waals surface area (Å²) in [7, 11) is 1.79. The van der Waals surface area contributed by atoms with E-state index in [4.69, 9.17) is 0 Å². The van der Waals surface area contributed by atoms with Gasteiger partial charge >= 0.3 is 0 Å². The molecule has 0 radical (unpaired) electrons. The molecule has 1 aliphatic heterocycles. The minimum absolute atomic E-state index is 0.937. The summed E-state index contributed by atoms with van der Waals surface area (Å²) in [6, 6.07) is 0. The van der Waals surface area contributed by atoms with Crippen molar-refractivity contribution in [2.75, 3.05) is 7.05 Å². The summed E-state index contributed by atoms with van der Waals surface area (Å²) in [4.78, 5) is 0. The Kier molecular flexibility index (Phi) is 1.66. The van der Waals surface area contributed by atoms with Crippen LogP contribution in [0.1, 0.15) is 13.3 Å². The molecule has 0 atom stereocenters. The van der Waals surface area contributed by atoms with Crippen LogP contribution >= 0.6 is 0 Å². The second-order valence-corrected chi connectivity index (χ2v) is 1.81. The molecule has 0 fully saturated rings. The van der Waals surface area contributed by atoms with E-state index in [2.05, 4.69) is 23.0 Å². The fourth-order valence-corrected chi connectivity index (χ4v) is 0.597. The van der Waals surface area contributed by atoms with Crippen molar-refractivity contribution in [1.82, 2.24) is 5.12 Å². The number of allylic oxidation sites excluding steroid dienone is 1. The normalized spacial score (nSPS) is 16.2. The van der Waals surface area contributed by atoms with Crippen molar-refractivity contribution in [3.63, 3.8) is 0 Å². The first-order valence-corrected chi connectivity index (χ1v) is 2.93. The first-order valence-electron chi connectivity index (χ1n) is 2.93. The maximum atomic E-state index is 4.07. The van der Waals surface area contributed by atoms with Crippen molar-refractivity contribution >= 4 is 11.6 Å². The van der Waals surface area contributed by atoms with E-state index in [0.717, 1.165) is 12.1 Å². The quantitative estimate of drug-likeness (QED) is 0.507. The molecule has 9 heavy (non-hydrogen) atoms. The topological polar surface area (TPSA) is 28.0 Å². The Morgan fingerprint density at radius 1 is 1.78 bits per heavy atom. The zero-order valence-electron chi connectivity index (χ0n) is 5.63. The molecule has 3 heteroatoms. The monoisotopic (exact) mass is 123 g/mol. The van der Waals surface area contributed by atoms with Gasteiger partial charge in [0.15, 0.2) is 0 Å². The summed E-state index contributed by atoms with van der Waals surface area (Å²) in [5.41, 5.74) is 1.02. The van der Waals surface area contributed by atoms with E-state index < -0.39 is 0 Å². The third-order valence-corrected chi connectivity index (χ3v) is 1.07. The Morgan fingerprint density at radius 2 is 2.56 bits per heavy atom. The van der Waals surface area contributed by atoms with Crippen LogP contribution in [0.25, 0.3) is 0 Å². The van der Waals surface area contributed by atoms with Crippen molar-refractivity contribution in [2.24, 2.45) is 10.2 Å². The molecule has 0 aromatic heterocycles. The van der Waals surface area contributed by atoms with Crippen LogP contribution < -0.4 is 0 Å². The highest BCUT2D eigenvalue weighted by Crippen LogP contribution is 1.94. The molecule has 0 N–H and O–H groups in total. The van der Waals surface area contributed by atoms with Crippen molar-refractivity contribution < 1.29 is 0 Å². The molecule has 0 amide bonds. The first-order chi connectivity index (χ1) is 4.33. The van der Waals surface area contributed by atoms with Gasteiger partial charge < -0.3 is 0 Å². The van der Waals surface area contributed by atoms with E-state index in [-0.39, 0.29) is 0 Å². The molecule has 0 aliphatic carbocycles. The number of nitrogens with zero attached hydrogens (tertiary/aromatic N) is 3. The first kappa shape index (κ1) is 6.05. The third kappa shape index (κ3) is 1.40. The summed E-state index contributed by atoms with van der Waals surface area (Å²) in [5, 5.41) is 9.35. The second kappa shape index (κ2) is 2.46. The fourth-order valence-electron chi connectivity index (χ4n) is 0.597. The molecular weight excluding hydrogens is 114 g/mol. The maximum Gasteiger partial charge on any atom is 0.0716 e. The van der Waals surface area contributed by atoms with Crippen molar-refractivity contribution in [2.45, 2.75) is 13.3 Å². The van der Waals surface area contributed by atoms with Crippen molar-refractivity contribution in [1.29, 1.82) is 0 Å². The average Bonchev–Trinajstić information content (AvgIpc) is 1.88. The molecule has 1 heterocycles. The van der Waals surface area contributed by atoms with Crippen LogP contribution in [0.4, 0.5) is 0 Å². The van der Waals surface area contributed by atoms with E-state index in [1.807, 2.05) is 0 Å². The van der Waals surface area contributed by atoms with Crippen molar-refractivity contribution in [3.05, 3.63) is 6.08 Å². The van der Waals surface area contributed by atoms with Gasteiger partial charge in [-0.05, 0) is 6.42 Å². The van der Waals surface area contributed by atoms with Crippen LogP contribution in [-0.2, 0) is 0 Å². The number of hydrazone groups is 2. The van der Waals surface area contributed by atoms with Crippen LogP contribution in [0.15, 0.2) is 16.3 Å². The summed E-state index contributed by atoms with van der Waals surface area (Å²) in [6.45, 7) is 2.05. The molecule has 0 unspecified atom stereocenters. The number of hydrogen-bond donors (Lipinski definition) is 0. The Bertz CT molecular complexity index is 186. The van der Waals surface area contributed by atoms with Crippen LogP contribution in [0, 0.1) is 0 Å². The van der Waals surface area contributed by atoms with E-state index in [0.29, 0.717) is 0 Å². The molecular formula is C6H9N3. The molecule has 3 nitrogen and oxygen atoms in total. The molecule has 1 aliphatic rings. The molecule has 0 aromatic carbocycles. The molecule has 0 aromatic rings. The standard InChI is InChI=1S/C6H9N3/c1-3-6-4-5-7-9(2)8-6/h4H,3H2,1-2H3. The van der Waals surface area contributed by atoms with Crippen LogP contribution in [-0.4, -0.2) is 23.7 Å². The summed E-state index contributed by atoms with van der Waals surface area (Å²) in [5.74, 6) is 2.73. The highest BCUT2D eigenvalue weighted by Gasteiger charge is 1.95. The molecule has 1 rings (SSSR count). The lowest BCUT2D eigenvalue weighted by Crippen LogP contribution is -2.09. The molecule has 48 valence electrons. The van der Waals surface area contributed by atoms with Gasteiger partial charge in [0.2, 0.25) is 0 Å². The predicted octanol–water partition coefficient (Wildman–Crippen LogP) is 0.839. The van der Waals surface area contributed by atoms with Crippen LogP contribution in [0.2, 0.25) is 0 Å². The number of rotatable bonds is 1. The summed E-state index contributed by atoms with van der Waals surface area (Å²) >= 11 is 0. The predicted molar refractivity (Wildman–Crippen MR) is 37.5 cm³/mol. The highest BCUT2D eigenvalue weighted by molar-refractivity contribution is 6.01. The smallest absolute Gasteiger partial charge is 0.0716 e. The Labute approximate surface area is 54.4 Å². The molecule has 0 saturated heterocycles. The van der Waals surface area contributed by atoms with E-state index in [9.17, 15) is 0 Å². The van der Waals surface area contributed by atoms with Gasteiger partial charge in [-0.15, -0.1) is 5.10 Å². The third-order valence-electron chi connectivity index (χ3n) is 1.07. The summed E-state index contributed by atoms with van der Waals surface area (Å²) < 4.78 is 0. The van der Waals surface area contributed by atoms with Gasteiger partial charge in [-0.2, -0.15) is 10.2 Å². The molecule has 0 spiro atoms. The Balaban J connectivity index is 2.76. The maximum absolute atomic E-state index is 4.07. The molecule has 0 saturated carbocycles. The summed E-state index contributed by atoms with van der Waals surface area (Å²) in [6.07, 6.45) is 2.73. The van der Waals surface area contributed by atoms with E-state index in [1.54, 1.807) is 13.1 Å². The SMILES string of the molecule is CCC1=NN(C)N=C=C1. The minimum Gasteiger partial charge on any atom is -0.180 e. The van der Waals surface area contributed by atoms with Gasteiger partial charge in [0, 0.05) is 11.9 Å². The fraction of sp³-hybridized carbons (Fsp3) is 0.500. The van der Waals surface area contributed by atoms with Crippen LogP contribution in [0.5, 0.6) is 0 Å². The lowest BCUT2D eigenvalue weighted by molar-refractivity contribution is 0.378. The molecule has 0 bridgehead atoms. The lowest BCUT2D eigenvalue weighted by atomic mass is 10.3. The van der Waals surface area contributed by atoms with Gasteiger partial charge in [-0.25, -0.2) is 0 Å².